The number of rotatable bonds is 8. The number of esters is 1. The average molecular weight is 230 g/mol. The van der Waals surface area contributed by atoms with E-state index in [0.29, 0.717) is 12.8 Å². The van der Waals surface area contributed by atoms with Gasteiger partial charge in [-0.1, -0.05) is 33.1 Å². The van der Waals surface area contributed by atoms with Gasteiger partial charge in [-0.15, -0.1) is 0 Å². The highest BCUT2D eigenvalue weighted by Gasteiger charge is 2.39. The Morgan fingerprint density at radius 3 is 2.25 bits per heavy atom. The van der Waals surface area contributed by atoms with Crippen molar-refractivity contribution in [1.82, 2.24) is 0 Å². The number of carboxylic acids is 1. The topological polar surface area (TPSA) is 63.6 Å². The number of aliphatic carboxylic acids is 1. The van der Waals surface area contributed by atoms with E-state index < -0.39 is 17.4 Å². The molecule has 0 fully saturated rings. The van der Waals surface area contributed by atoms with Crippen molar-refractivity contribution in [2.45, 2.75) is 52.4 Å². The Morgan fingerprint density at radius 1 is 1.25 bits per heavy atom. The van der Waals surface area contributed by atoms with Gasteiger partial charge in [0.15, 0.2) is 0 Å². The first-order valence-corrected chi connectivity index (χ1v) is 5.82. The molecule has 0 aliphatic carbocycles. The van der Waals surface area contributed by atoms with Crippen LogP contribution >= 0.6 is 0 Å². The third-order valence-electron chi connectivity index (χ3n) is 3.04. The second-order valence-corrected chi connectivity index (χ2v) is 4.15. The molecule has 0 bridgehead atoms. The van der Waals surface area contributed by atoms with Crippen LogP contribution in [0.3, 0.4) is 0 Å². The van der Waals surface area contributed by atoms with Crippen LogP contribution in [-0.2, 0) is 14.3 Å². The SMILES string of the molecule is CCCCCC(CC)(CC(=O)O)C(=O)OC. The molecule has 16 heavy (non-hydrogen) atoms. The van der Waals surface area contributed by atoms with Crippen molar-refractivity contribution in [2.75, 3.05) is 7.11 Å². The zero-order valence-electron chi connectivity index (χ0n) is 10.4. The zero-order chi connectivity index (χ0) is 12.6. The Bertz CT molecular complexity index is 237. The first kappa shape index (κ1) is 14.9. The summed E-state index contributed by atoms with van der Waals surface area (Å²) in [5.74, 6) is -1.34. The van der Waals surface area contributed by atoms with Crippen molar-refractivity contribution in [1.29, 1.82) is 0 Å². The lowest BCUT2D eigenvalue weighted by Gasteiger charge is -2.28. The van der Waals surface area contributed by atoms with E-state index in [4.69, 9.17) is 9.84 Å². The fourth-order valence-electron chi connectivity index (χ4n) is 1.93. The van der Waals surface area contributed by atoms with Crippen molar-refractivity contribution in [3.8, 4) is 0 Å². The molecule has 0 saturated carbocycles. The van der Waals surface area contributed by atoms with E-state index in [1.807, 2.05) is 6.92 Å². The van der Waals surface area contributed by atoms with Crippen molar-refractivity contribution in [3.63, 3.8) is 0 Å². The number of carboxylic acid groups (broad SMARTS) is 1. The van der Waals surface area contributed by atoms with Crippen LogP contribution in [0.15, 0.2) is 0 Å². The molecule has 0 radical (unpaired) electrons. The highest BCUT2D eigenvalue weighted by Crippen LogP contribution is 2.34. The van der Waals surface area contributed by atoms with Crippen LogP contribution < -0.4 is 0 Å². The number of hydrogen-bond acceptors (Lipinski definition) is 3. The number of hydrogen-bond donors (Lipinski definition) is 1. The van der Waals surface area contributed by atoms with E-state index in [1.165, 1.54) is 7.11 Å². The highest BCUT2D eigenvalue weighted by atomic mass is 16.5. The summed E-state index contributed by atoms with van der Waals surface area (Å²) in [4.78, 5) is 22.5. The van der Waals surface area contributed by atoms with Crippen LogP contribution in [0.2, 0.25) is 0 Å². The van der Waals surface area contributed by atoms with Gasteiger partial charge in [0.25, 0.3) is 0 Å². The second-order valence-electron chi connectivity index (χ2n) is 4.15. The normalized spacial score (nSPS) is 14.2. The molecule has 0 spiro atoms. The molecular formula is C12H22O4. The fourth-order valence-corrected chi connectivity index (χ4v) is 1.93. The second kappa shape index (κ2) is 7.25. The van der Waals surface area contributed by atoms with E-state index in [9.17, 15) is 9.59 Å². The van der Waals surface area contributed by atoms with Crippen LogP contribution in [0.25, 0.3) is 0 Å². The van der Waals surface area contributed by atoms with E-state index in [1.54, 1.807) is 0 Å². The van der Waals surface area contributed by atoms with Gasteiger partial charge in [-0.25, -0.2) is 0 Å². The average Bonchev–Trinajstić information content (AvgIpc) is 2.26. The standard InChI is InChI=1S/C12H22O4/c1-4-6-7-8-12(5-2,9-10(13)14)11(15)16-3/h4-9H2,1-3H3,(H,13,14). The van der Waals surface area contributed by atoms with Crippen LogP contribution in [-0.4, -0.2) is 24.2 Å². The molecule has 0 aliphatic heterocycles. The Kier molecular flexibility index (Phi) is 6.77. The van der Waals surface area contributed by atoms with E-state index in [2.05, 4.69) is 6.92 Å². The quantitative estimate of drug-likeness (QED) is 0.514. The number of carbonyl (C=O) groups excluding carboxylic acids is 1. The maximum absolute atomic E-state index is 11.7. The molecule has 0 heterocycles. The summed E-state index contributed by atoms with van der Waals surface area (Å²) in [7, 11) is 1.31. The smallest absolute Gasteiger partial charge is 0.312 e. The molecule has 4 heteroatoms. The molecule has 1 unspecified atom stereocenters. The van der Waals surface area contributed by atoms with Gasteiger partial charge in [0.1, 0.15) is 0 Å². The zero-order valence-corrected chi connectivity index (χ0v) is 10.4. The van der Waals surface area contributed by atoms with Crippen LogP contribution in [0.4, 0.5) is 0 Å². The van der Waals surface area contributed by atoms with Gasteiger partial charge in [0.2, 0.25) is 0 Å². The summed E-state index contributed by atoms with van der Waals surface area (Å²) < 4.78 is 4.74. The fraction of sp³-hybridized carbons (Fsp3) is 0.833. The summed E-state index contributed by atoms with van der Waals surface area (Å²) in [5, 5.41) is 8.87. The highest BCUT2D eigenvalue weighted by molar-refractivity contribution is 5.82. The first-order chi connectivity index (χ1) is 7.52. The summed E-state index contributed by atoms with van der Waals surface area (Å²) in [6.07, 6.45) is 3.89. The van der Waals surface area contributed by atoms with Crippen LogP contribution in [0, 0.1) is 5.41 Å². The molecule has 0 aromatic carbocycles. The molecule has 1 atom stereocenters. The number of unbranched alkanes of at least 4 members (excludes halogenated alkanes) is 2. The van der Waals surface area contributed by atoms with Gasteiger partial charge in [-0.05, 0) is 12.8 Å². The minimum atomic E-state index is -0.941. The molecule has 1 N–H and O–H groups in total. The summed E-state index contributed by atoms with van der Waals surface area (Å²) >= 11 is 0. The Morgan fingerprint density at radius 2 is 1.88 bits per heavy atom. The summed E-state index contributed by atoms with van der Waals surface area (Å²) in [6.45, 7) is 3.91. The summed E-state index contributed by atoms with van der Waals surface area (Å²) in [6, 6.07) is 0. The third-order valence-corrected chi connectivity index (χ3v) is 3.04. The Balaban J connectivity index is 4.66. The minimum absolute atomic E-state index is 0.139. The van der Waals surface area contributed by atoms with Gasteiger partial charge in [-0.2, -0.15) is 0 Å². The largest absolute Gasteiger partial charge is 0.481 e. The molecule has 4 nitrogen and oxygen atoms in total. The molecule has 0 saturated heterocycles. The van der Waals surface area contributed by atoms with Crippen molar-refractivity contribution >= 4 is 11.9 Å². The maximum atomic E-state index is 11.7. The van der Waals surface area contributed by atoms with Gasteiger partial charge in [0, 0.05) is 0 Å². The molecular weight excluding hydrogens is 208 g/mol. The number of methoxy groups -OCH3 is 1. The monoisotopic (exact) mass is 230 g/mol. The van der Waals surface area contributed by atoms with Gasteiger partial charge < -0.3 is 9.84 Å². The maximum Gasteiger partial charge on any atom is 0.312 e. The number of carbonyl (C=O) groups is 2. The lowest BCUT2D eigenvalue weighted by Crippen LogP contribution is -2.34. The van der Waals surface area contributed by atoms with E-state index in [0.717, 1.165) is 19.3 Å². The van der Waals surface area contributed by atoms with Gasteiger partial charge in [0.05, 0.1) is 18.9 Å². The Labute approximate surface area is 97.0 Å². The third kappa shape index (κ3) is 4.21. The lowest BCUT2D eigenvalue weighted by atomic mass is 9.77. The Hall–Kier alpha value is -1.06. The predicted molar refractivity (Wildman–Crippen MR) is 61.1 cm³/mol. The molecule has 0 rings (SSSR count). The van der Waals surface area contributed by atoms with E-state index in [-0.39, 0.29) is 6.42 Å². The molecule has 0 aliphatic rings. The first-order valence-electron chi connectivity index (χ1n) is 5.82. The van der Waals surface area contributed by atoms with Gasteiger partial charge in [-0.3, -0.25) is 9.59 Å². The van der Waals surface area contributed by atoms with Crippen LogP contribution in [0.5, 0.6) is 0 Å². The van der Waals surface area contributed by atoms with Crippen molar-refractivity contribution in [2.24, 2.45) is 5.41 Å². The molecule has 94 valence electrons. The molecule has 0 aromatic heterocycles. The van der Waals surface area contributed by atoms with Crippen molar-refractivity contribution < 1.29 is 19.4 Å². The molecule has 0 aromatic rings. The summed E-state index contributed by atoms with van der Waals surface area (Å²) in [5.41, 5.74) is -0.838. The minimum Gasteiger partial charge on any atom is -0.481 e. The molecule has 0 amide bonds. The van der Waals surface area contributed by atoms with Gasteiger partial charge >= 0.3 is 11.9 Å². The van der Waals surface area contributed by atoms with Crippen molar-refractivity contribution in [3.05, 3.63) is 0 Å². The predicted octanol–water partition coefficient (Wildman–Crippen LogP) is 2.61. The van der Waals surface area contributed by atoms with E-state index >= 15 is 0 Å². The number of ether oxygens (including phenoxy) is 1. The lowest BCUT2D eigenvalue weighted by molar-refractivity contribution is -0.159. The van der Waals surface area contributed by atoms with Crippen LogP contribution in [0.1, 0.15) is 52.4 Å².